The number of carbonyl (C=O) groups excluding carboxylic acids is 1. The fourth-order valence-electron chi connectivity index (χ4n) is 4.21. The van der Waals surface area contributed by atoms with E-state index in [1.807, 2.05) is 70.2 Å². The summed E-state index contributed by atoms with van der Waals surface area (Å²) in [7, 11) is -4.07. The zero-order chi connectivity index (χ0) is 25.9. The monoisotopic (exact) mass is 504 g/mol. The number of ether oxygens (including phenoxy) is 1. The van der Waals surface area contributed by atoms with Crippen molar-refractivity contribution in [2.24, 2.45) is 5.10 Å². The fraction of sp³-hybridized carbons (Fsp3) is 0.310. The van der Waals surface area contributed by atoms with Crippen LogP contribution in [-0.2, 0) is 19.6 Å². The Morgan fingerprint density at radius 1 is 0.917 bits per heavy atom. The number of benzene rings is 3. The second-order valence-electron chi connectivity index (χ2n) is 9.29. The number of esters is 1. The first-order valence-electron chi connectivity index (χ1n) is 12.2. The molecule has 0 saturated carbocycles. The molecule has 0 amide bonds. The summed E-state index contributed by atoms with van der Waals surface area (Å²) in [5, 5.41) is 4.71. The number of fused-ring (bicyclic) bond motifs is 1. The maximum absolute atomic E-state index is 13.9. The number of hydrazone groups is 1. The van der Waals surface area contributed by atoms with Crippen LogP contribution in [0.5, 0.6) is 0 Å². The minimum atomic E-state index is -4.07. The van der Waals surface area contributed by atoms with Gasteiger partial charge in [-0.3, -0.25) is 4.79 Å². The Morgan fingerprint density at radius 2 is 1.53 bits per heavy atom. The topological polar surface area (TPSA) is 76.0 Å². The smallest absolute Gasteiger partial charge is 0.308 e. The lowest BCUT2D eigenvalue weighted by atomic mass is 9.89. The van der Waals surface area contributed by atoms with Crippen molar-refractivity contribution in [2.75, 3.05) is 6.61 Å². The van der Waals surface area contributed by atoms with E-state index in [0.717, 1.165) is 50.6 Å². The van der Waals surface area contributed by atoms with Gasteiger partial charge in [0.15, 0.2) is 0 Å². The lowest BCUT2D eigenvalue weighted by Gasteiger charge is -2.34. The third-order valence-corrected chi connectivity index (χ3v) is 7.99. The third kappa shape index (κ3) is 5.36. The molecule has 0 spiro atoms. The summed E-state index contributed by atoms with van der Waals surface area (Å²) in [6.45, 7) is 8.18. The van der Waals surface area contributed by atoms with E-state index >= 15 is 0 Å². The zero-order valence-corrected chi connectivity index (χ0v) is 22.0. The molecule has 1 heterocycles. The number of hydrogen-bond acceptors (Lipinski definition) is 5. The Morgan fingerprint density at radius 3 is 2.17 bits per heavy atom. The molecule has 0 fully saturated rings. The van der Waals surface area contributed by atoms with Crippen LogP contribution in [-0.4, -0.2) is 31.1 Å². The van der Waals surface area contributed by atoms with E-state index in [1.54, 1.807) is 24.3 Å². The first-order chi connectivity index (χ1) is 17.2. The Bertz CT molecular complexity index is 1380. The number of nitrogens with zero attached hydrogens (tertiary/aromatic N) is 2. The highest BCUT2D eigenvalue weighted by Gasteiger charge is 2.39. The molecular weight excluding hydrogens is 472 g/mol. The van der Waals surface area contributed by atoms with E-state index in [2.05, 4.69) is 0 Å². The molecule has 1 atom stereocenters. The predicted molar refractivity (Wildman–Crippen MR) is 141 cm³/mol. The van der Waals surface area contributed by atoms with Crippen molar-refractivity contribution >= 4 is 21.7 Å². The molecule has 1 aliphatic heterocycles. The van der Waals surface area contributed by atoms with Gasteiger partial charge >= 0.3 is 5.97 Å². The summed E-state index contributed by atoms with van der Waals surface area (Å²) in [5.74, 6) is -0.445. The van der Waals surface area contributed by atoms with Gasteiger partial charge in [0.2, 0.25) is 0 Å². The molecule has 0 bridgehead atoms. The Hall–Kier alpha value is -3.45. The number of aryl methyl sites for hydroxylation is 3. The molecule has 3 aromatic rings. The summed E-state index contributed by atoms with van der Waals surface area (Å²) in [5.41, 5.74) is 5.92. The standard InChI is InChI=1S/C29H32N2O4S/c1-5-6-17-35-28(32)19-27-26-18-22(4)11-16-25(26)29(23-12-7-20(2)8-13-23)30-31(27)36(33,34)24-14-9-21(3)10-15-24/h7-16,18,27H,5-6,17,19H2,1-4H3. The quantitative estimate of drug-likeness (QED) is 0.285. The average Bonchev–Trinajstić information content (AvgIpc) is 2.85. The fourth-order valence-corrected chi connectivity index (χ4v) is 5.62. The molecule has 1 aliphatic rings. The van der Waals surface area contributed by atoms with Gasteiger partial charge in [0.25, 0.3) is 10.0 Å². The minimum absolute atomic E-state index is 0.126. The number of hydrogen-bond donors (Lipinski definition) is 0. The van der Waals surface area contributed by atoms with Crippen LogP contribution in [0, 0.1) is 20.8 Å². The Balaban J connectivity index is 1.87. The van der Waals surface area contributed by atoms with Crippen LogP contribution in [0.3, 0.4) is 0 Å². The van der Waals surface area contributed by atoms with Gasteiger partial charge in [0.05, 0.1) is 23.6 Å². The van der Waals surface area contributed by atoms with Crippen LogP contribution in [0.2, 0.25) is 0 Å². The van der Waals surface area contributed by atoms with Crippen molar-refractivity contribution in [2.45, 2.75) is 57.9 Å². The summed E-state index contributed by atoms with van der Waals surface area (Å²) in [6, 6.07) is 19.5. The largest absolute Gasteiger partial charge is 0.466 e. The van der Waals surface area contributed by atoms with Crippen LogP contribution < -0.4 is 0 Å². The first kappa shape index (κ1) is 25.6. The highest BCUT2D eigenvalue weighted by atomic mass is 32.2. The average molecular weight is 505 g/mol. The van der Waals surface area contributed by atoms with E-state index in [-0.39, 0.29) is 11.3 Å². The van der Waals surface area contributed by atoms with Gasteiger partial charge in [-0.15, -0.1) is 0 Å². The minimum Gasteiger partial charge on any atom is -0.466 e. The molecule has 0 saturated heterocycles. The van der Waals surface area contributed by atoms with Crippen molar-refractivity contribution in [1.82, 2.24) is 4.41 Å². The molecule has 1 unspecified atom stereocenters. The molecule has 188 valence electrons. The predicted octanol–water partition coefficient (Wildman–Crippen LogP) is 5.84. The normalized spacial score (nSPS) is 15.3. The van der Waals surface area contributed by atoms with Crippen LogP contribution in [0.1, 0.15) is 65.6 Å². The maximum Gasteiger partial charge on any atom is 0.308 e. The highest BCUT2D eigenvalue weighted by molar-refractivity contribution is 7.89. The molecule has 6 nitrogen and oxygen atoms in total. The van der Waals surface area contributed by atoms with Gasteiger partial charge in [-0.05, 0) is 44.9 Å². The van der Waals surface area contributed by atoms with Gasteiger partial charge in [0.1, 0.15) is 6.04 Å². The second kappa shape index (κ2) is 10.7. The first-order valence-corrected chi connectivity index (χ1v) is 13.7. The summed E-state index contributed by atoms with van der Waals surface area (Å²) < 4.78 is 34.4. The molecular formula is C29H32N2O4S. The molecule has 0 N–H and O–H groups in total. The maximum atomic E-state index is 13.9. The Kier molecular flexibility index (Phi) is 7.59. The van der Waals surface area contributed by atoms with Crippen molar-refractivity contribution in [1.29, 1.82) is 0 Å². The van der Waals surface area contributed by atoms with Gasteiger partial charge in [-0.25, -0.2) is 0 Å². The van der Waals surface area contributed by atoms with Crippen molar-refractivity contribution in [3.8, 4) is 0 Å². The molecule has 36 heavy (non-hydrogen) atoms. The summed E-state index contributed by atoms with van der Waals surface area (Å²) in [6.07, 6.45) is 1.53. The van der Waals surface area contributed by atoms with Crippen molar-refractivity contribution in [3.05, 3.63) is 100 Å². The number of sulfonamides is 1. The number of carbonyl (C=O) groups is 1. The molecule has 0 aliphatic carbocycles. The Labute approximate surface area is 213 Å². The van der Waals surface area contributed by atoms with E-state index in [4.69, 9.17) is 9.84 Å². The second-order valence-corrected chi connectivity index (χ2v) is 11.1. The SMILES string of the molecule is CCCCOC(=O)CC1c2cc(C)ccc2C(c2ccc(C)cc2)=NN1S(=O)(=O)c1ccc(C)cc1. The van der Waals surface area contributed by atoms with E-state index in [1.165, 1.54) is 0 Å². The van der Waals surface area contributed by atoms with E-state index in [0.29, 0.717) is 12.3 Å². The van der Waals surface area contributed by atoms with E-state index < -0.39 is 22.0 Å². The van der Waals surface area contributed by atoms with Crippen LogP contribution in [0.25, 0.3) is 0 Å². The zero-order valence-electron chi connectivity index (χ0n) is 21.2. The lowest BCUT2D eigenvalue weighted by molar-refractivity contribution is -0.144. The number of unbranched alkanes of at least 4 members (excludes halogenated alkanes) is 1. The van der Waals surface area contributed by atoms with Crippen LogP contribution in [0.15, 0.2) is 76.7 Å². The van der Waals surface area contributed by atoms with E-state index in [9.17, 15) is 13.2 Å². The third-order valence-electron chi connectivity index (χ3n) is 6.30. The van der Waals surface area contributed by atoms with Crippen molar-refractivity contribution in [3.63, 3.8) is 0 Å². The molecule has 3 aromatic carbocycles. The van der Waals surface area contributed by atoms with Gasteiger partial charge in [0, 0.05) is 11.1 Å². The molecule has 0 radical (unpaired) electrons. The molecule has 7 heteroatoms. The lowest BCUT2D eigenvalue weighted by Crippen LogP contribution is -2.37. The van der Waals surface area contributed by atoms with Crippen LogP contribution >= 0.6 is 0 Å². The van der Waals surface area contributed by atoms with Gasteiger partial charge in [-0.2, -0.15) is 17.9 Å². The van der Waals surface area contributed by atoms with Crippen molar-refractivity contribution < 1.29 is 17.9 Å². The molecule has 0 aromatic heterocycles. The highest BCUT2D eigenvalue weighted by Crippen LogP contribution is 2.38. The molecule has 4 rings (SSSR count). The van der Waals surface area contributed by atoms with Gasteiger partial charge in [-0.1, -0.05) is 84.6 Å². The number of rotatable bonds is 8. The summed E-state index contributed by atoms with van der Waals surface area (Å²) >= 11 is 0. The summed E-state index contributed by atoms with van der Waals surface area (Å²) in [4.78, 5) is 13.0. The van der Waals surface area contributed by atoms with Gasteiger partial charge < -0.3 is 4.74 Å². The van der Waals surface area contributed by atoms with Crippen LogP contribution in [0.4, 0.5) is 0 Å².